The van der Waals surface area contributed by atoms with Crippen LogP contribution < -0.4 is 0 Å². The maximum Gasteiger partial charge on any atom is -0.0140 e. The van der Waals surface area contributed by atoms with E-state index in [0.29, 0.717) is 16.7 Å². The summed E-state index contributed by atoms with van der Waals surface area (Å²) in [5.74, 6) is 5.65. The third kappa shape index (κ3) is 3.18. The summed E-state index contributed by atoms with van der Waals surface area (Å²) in [4.78, 5) is 0. The molecule has 0 heterocycles. The second-order valence-electron chi connectivity index (χ2n) is 11.7. The molecular weight excluding hydrogens is 336 g/mol. The Labute approximate surface area is 175 Å². The van der Waals surface area contributed by atoms with Crippen molar-refractivity contribution in [2.75, 3.05) is 0 Å². The molecular formula is C28H44. The summed E-state index contributed by atoms with van der Waals surface area (Å²) in [6, 6.07) is 0. The van der Waals surface area contributed by atoms with Gasteiger partial charge < -0.3 is 0 Å². The second kappa shape index (κ2) is 7.48. The Morgan fingerprint density at radius 1 is 0.893 bits per heavy atom. The van der Waals surface area contributed by atoms with Gasteiger partial charge in [0.15, 0.2) is 0 Å². The lowest BCUT2D eigenvalue weighted by atomic mass is 9.48. The first-order valence-corrected chi connectivity index (χ1v) is 12.3. The van der Waals surface area contributed by atoms with Gasteiger partial charge in [-0.25, -0.2) is 0 Å². The zero-order chi connectivity index (χ0) is 20.1. The molecule has 28 heavy (non-hydrogen) atoms. The summed E-state index contributed by atoms with van der Waals surface area (Å²) >= 11 is 0. The number of fused-ring (bicyclic) bond motifs is 5. The molecule has 0 amide bonds. The van der Waals surface area contributed by atoms with Crippen LogP contribution in [0.4, 0.5) is 0 Å². The molecule has 4 rings (SSSR count). The molecule has 0 radical (unpaired) electrons. The quantitative estimate of drug-likeness (QED) is 0.431. The molecule has 0 aromatic rings. The summed E-state index contributed by atoms with van der Waals surface area (Å²) in [5.41, 5.74) is 2.97. The van der Waals surface area contributed by atoms with Gasteiger partial charge in [-0.15, -0.1) is 0 Å². The van der Waals surface area contributed by atoms with E-state index in [0.717, 1.165) is 35.5 Å². The van der Waals surface area contributed by atoms with Crippen LogP contribution in [0.25, 0.3) is 0 Å². The zero-order valence-electron chi connectivity index (χ0n) is 19.4. The molecule has 0 bridgehead atoms. The normalized spacial score (nSPS) is 44.8. The van der Waals surface area contributed by atoms with Crippen molar-refractivity contribution in [1.82, 2.24) is 0 Å². The van der Waals surface area contributed by atoms with E-state index in [1.54, 1.807) is 0 Å². The van der Waals surface area contributed by atoms with E-state index in [2.05, 4.69) is 71.9 Å². The number of rotatable bonds is 4. The van der Waals surface area contributed by atoms with Gasteiger partial charge in [0.25, 0.3) is 0 Å². The van der Waals surface area contributed by atoms with Crippen molar-refractivity contribution < 1.29 is 0 Å². The maximum absolute atomic E-state index is 2.74. The fourth-order valence-electron chi connectivity index (χ4n) is 7.71. The van der Waals surface area contributed by atoms with Crippen molar-refractivity contribution in [2.24, 2.45) is 52.3 Å². The fourth-order valence-corrected chi connectivity index (χ4v) is 7.71. The van der Waals surface area contributed by atoms with Gasteiger partial charge in [0, 0.05) is 0 Å². The largest absolute Gasteiger partial charge is 0.0882 e. The van der Waals surface area contributed by atoms with Crippen molar-refractivity contribution in [1.29, 1.82) is 0 Å². The molecule has 4 aliphatic rings. The van der Waals surface area contributed by atoms with Crippen LogP contribution in [0.15, 0.2) is 36.0 Å². The molecule has 0 N–H and O–H groups in total. The number of allylic oxidation sites excluding steroid dienone is 6. The average Bonchev–Trinajstić information content (AvgIpc) is 3.02. The second-order valence-corrected chi connectivity index (χ2v) is 11.7. The Kier molecular flexibility index (Phi) is 5.47. The van der Waals surface area contributed by atoms with Gasteiger partial charge in [-0.3, -0.25) is 0 Å². The van der Waals surface area contributed by atoms with Crippen molar-refractivity contribution in [3.63, 3.8) is 0 Å². The maximum atomic E-state index is 2.74. The molecule has 0 heteroatoms. The summed E-state index contributed by atoms with van der Waals surface area (Å²) < 4.78 is 0. The van der Waals surface area contributed by atoms with E-state index < -0.39 is 0 Å². The third-order valence-corrected chi connectivity index (χ3v) is 10.1. The van der Waals surface area contributed by atoms with E-state index in [1.807, 2.05) is 5.57 Å². The van der Waals surface area contributed by atoms with Crippen LogP contribution in [0.1, 0.15) is 86.5 Å². The van der Waals surface area contributed by atoms with Crippen molar-refractivity contribution in [3.8, 4) is 0 Å². The predicted molar refractivity (Wildman–Crippen MR) is 122 cm³/mol. The fraction of sp³-hybridized carbons (Fsp3) is 0.786. The first-order valence-electron chi connectivity index (χ1n) is 12.3. The van der Waals surface area contributed by atoms with Crippen LogP contribution in [0.2, 0.25) is 0 Å². The first kappa shape index (κ1) is 20.5. The molecule has 2 fully saturated rings. The summed E-state index contributed by atoms with van der Waals surface area (Å²) in [7, 11) is 0. The van der Waals surface area contributed by atoms with Gasteiger partial charge in [0.1, 0.15) is 0 Å². The highest BCUT2D eigenvalue weighted by molar-refractivity contribution is 5.29. The number of hydrogen-bond acceptors (Lipinski definition) is 0. The Morgan fingerprint density at radius 2 is 1.64 bits per heavy atom. The topological polar surface area (TPSA) is 0 Å². The molecule has 0 nitrogen and oxygen atoms in total. The van der Waals surface area contributed by atoms with E-state index in [9.17, 15) is 0 Å². The van der Waals surface area contributed by atoms with Crippen LogP contribution in [-0.4, -0.2) is 0 Å². The molecule has 0 unspecified atom stereocenters. The van der Waals surface area contributed by atoms with E-state index in [-0.39, 0.29) is 0 Å². The Bertz CT molecular complexity index is 664. The van der Waals surface area contributed by atoms with Crippen LogP contribution in [0.5, 0.6) is 0 Å². The van der Waals surface area contributed by atoms with E-state index in [4.69, 9.17) is 0 Å². The van der Waals surface area contributed by atoms with Gasteiger partial charge in [-0.2, -0.15) is 0 Å². The lowest BCUT2D eigenvalue weighted by molar-refractivity contribution is 0.0172. The highest BCUT2D eigenvalue weighted by Gasteiger charge is 2.57. The SMILES string of the molecule is CC(C)[C@@H](C)/C=C/[C@@H](C)[C@@H]1CC[C@@H]2C3=CC[C@H]4CC=CC[C@@]4(C)[C@H]3CC[C@]21C. The molecule has 0 spiro atoms. The average molecular weight is 381 g/mol. The van der Waals surface area contributed by atoms with Gasteiger partial charge in [-0.1, -0.05) is 77.5 Å². The minimum atomic E-state index is 0.529. The van der Waals surface area contributed by atoms with E-state index in [1.165, 1.54) is 44.9 Å². The molecule has 0 saturated heterocycles. The molecule has 4 aliphatic carbocycles. The highest BCUT2D eigenvalue weighted by Crippen LogP contribution is 2.66. The molecule has 0 aromatic carbocycles. The lowest BCUT2D eigenvalue weighted by Gasteiger charge is -2.56. The summed E-state index contributed by atoms with van der Waals surface area (Å²) in [6.45, 7) is 14.9. The summed E-state index contributed by atoms with van der Waals surface area (Å²) in [5, 5.41) is 0. The van der Waals surface area contributed by atoms with Gasteiger partial charge in [-0.05, 0) is 97.2 Å². The Hall–Kier alpha value is -0.780. The van der Waals surface area contributed by atoms with Gasteiger partial charge in [0.2, 0.25) is 0 Å². The molecule has 0 aromatic heterocycles. The molecule has 156 valence electrons. The molecule has 2 saturated carbocycles. The smallest absolute Gasteiger partial charge is 0.0140 e. The van der Waals surface area contributed by atoms with Crippen LogP contribution in [-0.2, 0) is 0 Å². The van der Waals surface area contributed by atoms with Crippen LogP contribution in [0, 0.1) is 52.3 Å². The number of hydrogen-bond donors (Lipinski definition) is 0. The molecule has 8 atom stereocenters. The standard InChI is InChI=1S/C28H44/c1-19(2)20(3)10-11-21(4)24-14-15-25-23-13-12-22-9-7-8-17-27(22,5)26(23)16-18-28(24,25)6/h7-8,10-11,13,19-22,24-26H,9,12,14-18H2,1-6H3/b11-10+/t20-,21+,22+,24-,25+,26-,27+,28-/m0/s1. The lowest BCUT2D eigenvalue weighted by Crippen LogP contribution is -2.47. The Balaban J connectivity index is 1.55. The van der Waals surface area contributed by atoms with Crippen LogP contribution in [0.3, 0.4) is 0 Å². The highest BCUT2D eigenvalue weighted by atomic mass is 14.6. The first-order chi connectivity index (χ1) is 13.3. The minimum Gasteiger partial charge on any atom is -0.0882 e. The molecule has 0 aliphatic heterocycles. The van der Waals surface area contributed by atoms with Crippen molar-refractivity contribution >= 4 is 0 Å². The van der Waals surface area contributed by atoms with Gasteiger partial charge in [0.05, 0.1) is 0 Å². The van der Waals surface area contributed by atoms with Crippen molar-refractivity contribution in [2.45, 2.75) is 86.5 Å². The zero-order valence-corrected chi connectivity index (χ0v) is 19.4. The predicted octanol–water partition coefficient (Wildman–Crippen LogP) is 8.22. The van der Waals surface area contributed by atoms with Crippen LogP contribution >= 0.6 is 0 Å². The minimum absolute atomic E-state index is 0.529. The van der Waals surface area contributed by atoms with Crippen molar-refractivity contribution in [3.05, 3.63) is 36.0 Å². The van der Waals surface area contributed by atoms with Gasteiger partial charge >= 0.3 is 0 Å². The monoisotopic (exact) mass is 380 g/mol. The Morgan fingerprint density at radius 3 is 2.39 bits per heavy atom. The third-order valence-electron chi connectivity index (χ3n) is 10.1. The summed E-state index contributed by atoms with van der Waals surface area (Å²) in [6.07, 6.45) is 22.5. The van der Waals surface area contributed by atoms with E-state index >= 15 is 0 Å².